The van der Waals surface area contributed by atoms with E-state index in [0.717, 1.165) is 49.9 Å². The average Bonchev–Trinajstić information content (AvgIpc) is 2.81. The van der Waals surface area contributed by atoms with E-state index in [9.17, 15) is 0 Å². The summed E-state index contributed by atoms with van der Waals surface area (Å²) in [5.41, 5.74) is 2.11. The molecule has 1 aromatic heterocycles. The number of guanidine groups is 1. The summed E-state index contributed by atoms with van der Waals surface area (Å²) in [7, 11) is 1.80. The Morgan fingerprint density at radius 1 is 1.12 bits per heavy atom. The summed E-state index contributed by atoms with van der Waals surface area (Å²) >= 11 is 0. The van der Waals surface area contributed by atoms with Crippen molar-refractivity contribution in [1.29, 1.82) is 0 Å². The van der Waals surface area contributed by atoms with E-state index in [2.05, 4.69) is 39.4 Å². The fourth-order valence-corrected chi connectivity index (χ4v) is 3.71. The Labute approximate surface area is 209 Å². The number of hydrogen-bond acceptors (Lipinski definition) is 5. The summed E-state index contributed by atoms with van der Waals surface area (Å²) in [6.45, 7) is 10.0. The highest BCUT2D eigenvalue weighted by Gasteiger charge is 2.23. The molecule has 2 N–H and O–H groups in total. The molecule has 1 fully saturated rings. The fourth-order valence-electron chi connectivity index (χ4n) is 3.71. The third kappa shape index (κ3) is 8.22. The normalized spacial score (nSPS) is 15.7. The topological polar surface area (TPSA) is 71.0 Å². The maximum absolute atomic E-state index is 5.97. The van der Waals surface area contributed by atoms with Crippen molar-refractivity contribution in [2.45, 2.75) is 33.0 Å². The van der Waals surface area contributed by atoms with E-state index in [1.807, 2.05) is 42.5 Å². The van der Waals surface area contributed by atoms with Crippen LogP contribution < -0.4 is 15.4 Å². The predicted octanol–water partition coefficient (Wildman–Crippen LogP) is 3.30. The number of morpholine rings is 1. The Kier molecular flexibility index (Phi) is 11.8. The molecular weight excluding hydrogens is 517 g/mol. The third-order valence-electron chi connectivity index (χ3n) is 5.50. The Bertz CT molecular complexity index is 813. The molecule has 0 spiro atoms. The van der Waals surface area contributed by atoms with Gasteiger partial charge < -0.3 is 20.1 Å². The zero-order chi connectivity index (χ0) is 21.9. The molecule has 7 nitrogen and oxygen atoms in total. The van der Waals surface area contributed by atoms with Gasteiger partial charge in [0.05, 0.1) is 13.2 Å². The molecule has 2 heterocycles. The molecule has 0 amide bonds. The van der Waals surface area contributed by atoms with E-state index in [0.29, 0.717) is 31.0 Å². The molecule has 1 aromatic carbocycles. The minimum Gasteiger partial charge on any atom is -0.473 e. The number of hydrogen-bond donors (Lipinski definition) is 2. The third-order valence-corrected chi connectivity index (χ3v) is 5.50. The Balaban J connectivity index is 0.00000363. The molecule has 1 saturated heterocycles. The number of ether oxygens (including phenoxy) is 2. The van der Waals surface area contributed by atoms with E-state index in [4.69, 9.17) is 9.47 Å². The van der Waals surface area contributed by atoms with Gasteiger partial charge in [0.2, 0.25) is 5.88 Å². The van der Waals surface area contributed by atoms with E-state index >= 15 is 0 Å². The second-order valence-electron chi connectivity index (χ2n) is 8.01. The van der Waals surface area contributed by atoms with Gasteiger partial charge in [0.1, 0.15) is 6.61 Å². The van der Waals surface area contributed by atoms with Crippen molar-refractivity contribution in [3.05, 3.63) is 59.8 Å². The van der Waals surface area contributed by atoms with Crippen molar-refractivity contribution >= 4 is 29.9 Å². The SMILES string of the molecule is CN=C(NCc1cccnc1OCc1ccccc1)NCC(C(C)C)N1CCOCC1.I. The number of rotatable bonds is 9. The van der Waals surface area contributed by atoms with E-state index in [1.165, 1.54) is 0 Å². The van der Waals surface area contributed by atoms with E-state index in [-0.39, 0.29) is 24.0 Å². The molecule has 0 radical (unpaired) electrons. The van der Waals surface area contributed by atoms with Gasteiger partial charge in [-0.1, -0.05) is 50.2 Å². The van der Waals surface area contributed by atoms with Crippen molar-refractivity contribution in [2.75, 3.05) is 39.9 Å². The summed E-state index contributed by atoms with van der Waals surface area (Å²) in [5, 5.41) is 6.89. The monoisotopic (exact) mass is 553 g/mol. The molecule has 1 atom stereocenters. The highest BCUT2D eigenvalue weighted by molar-refractivity contribution is 14.0. The predicted molar refractivity (Wildman–Crippen MR) is 140 cm³/mol. The van der Waals surface area contributed by atoms with Crippen LogP contribution in [0.5, 0.6) is 5.88 Å². The van der Waals surface area contributed by atoms with E-state index < -0.39 is 0 Å². The van der Waals surface area contributed by atoms with Gasteiger partial charge in [0, 0.05) is 51.0 Å². The molecule has 176 valence electrons. The van der Waals surface area contributed by atoms with Crippen molar-refractivity contribution < 1.29 is 9.47 Å². The fraction of sp³-hybridized carbons (Fsp3) is 0.500. The summed E-state index contributed by atoms with van der Waals surface area (Å²) in [5.74, 6) is 1.96. The quantitative estimate of drug-likeness (QED) is 0.282. The summed E-state index contributed by atoms with van der Waals surface area (Å²) < 4.78 is 11.5. The molecule has 8 heteroatoms. The van der Waals surface area contributed by atoms with Gasteiger partial charge in [-0.05, 0) is 17.5 Å². The van der Waals surface area contributed by atoms with Gasteiger partial charge in [-0.25, -0.2) is 4.98 Å². The number of aromatic nitrogens is 1. The Morgan fingerprint density at radius 3 is 2.56 bits per heavy atom. The van der Waals surface area contributed by atoms with Crippen LogP contribution in [0.1, 0.15) is 25.0 Å². The number of benzene rings is 1. The number of aliphatic imine (C=N–C) groups is 1. The first kappa shape index (κ1) is 26.3. The van der Waals surface area contributed by atoms with Crippen LogP contribution in [0.4, 0.5) is 0 Å². The van der Waals surface area contributed by atoms with Crippen molar-refractivity contribution in [2.24, 2.45) is 10.9 Å². The summed E-state index contributed by atoms with van der Waals surface area (Å²) in [6, 6.07) is 14.5. The average molecular weight is 553 g/mol. The number of halogens is 1. The van der Waals surface area contributed by atoms with Crippen LogP contribution in [-0.4, -0.2) is 61.8 Å². The molecule has 0 saturated carbocycles. The minimum atomic E-state index is 0. The first-order valence-corrected chi connectivity index (χ1v) is 11.0. The Morgan fingerprint density at radius 2 is 1.88 bits per heavy atom. The van der Waals surface area contributed by atoms with Crippen LogP contribution >= 0.6 is 24.0 Å². The molecule has 0 bridgehead atoms. The smallest absolute Gasteiger partial charge is 0.218 e. The second-order valence-corrected chi connectivity index (χ2v) is 8.01. The number of nitrogens with one attached hydrogen (secondary N) is 2. The van der Waals surface area contributed by atoms with Crippen LogP contribution in [0.15, 0.2) is 53.7 Å². The van der Waals surface area contributed by atoms with Crippen LogP contribution in [0, 0.1) is 5.92 Å². The largest absolute Gasteiger partial charge is 0.473 e. The molecular formula is C24H36IN5O2. The zero-order valence-corrected chi connectivity index (χ0v) is 21.6. The lowest BCUT2D eigenvalue weighted by Gasteiger charge is -2.37. The number of pyridine rings is 1. The van der Waals surface area contributed by atoms with Crippen molar-refractivity contribution in [3.63, 3.8) is 0 Å². The molecule has 1 unspecified atom stereocenters. The van der Waals surface area contributed by atoms with E-state index in [1.54, 1.807) is 13.2 Å². The van der Waals surface area contributed by atoms with Gasteiger partial charge in [-0.15, -0.1) is 24.0 Å². The summed E-state index contributed by atoms with van der Waals surface area (Å²) in [6.07, 6.45) is 1.76. The maximum atomic E-state index is 5.97. The molecule has 1 aliphatic rings. The van der Waals surface area contributed by atoms with Crippen LogP contribution in [0.25, 0.3) is 0 Å². The molecule has 0 aliphatic carbocycles. The van der Waals surface area contributed by atoms with Gasteiger partial charge in [-0.2, -0.15) is 0 Å². The lowest BCUT2D eigenvalue weighted by Crippen LogP contribution is -2.52. The minimum absolute atomic E-state index is 0. The highest BCUT2D eigenvalue weighted by atomic mass is 127. The summed E-state index contributed by atoms with van der Waals surface area (Å²) in [4.78, 5) is 11.3. The standard InChI is InChI=1S/C24H35N5O2.HI/c1-19(2)22(29-12-14-30-15-13-29)17-28-24(25-3)27-16-21-10-7-11-26-23(21)31-18-20-8-5-4-6-9-20;/h4-11,19,22H,12-18H2,1-3H3,(H2,25,27,28);1H. The molecule has 1 aliphatic heterocycles. The first-order chi connectivity index (χ1) is 15.2. The zero-order valence-electron chi connectivity index (χ0n) is 19.3. The molecule has 2 aromatic rings. The highest BCUT2D eigenvalue weighted by Crippen LogP contribution is 2.16. The van der Waals surface area contributed by atoms with Gasteiger partial charge in [-0.3, -0.25) is 9.89 Å². The van der Waals surface area contributed by atoms with Crippen molar-refractivity contribution in [3.8, 4) is 5.88 Å². The van der Waals surface area contributed by atoms with Gasteiger partial charge in [0.15, 0.2) is 5.96 Å². The van der Waals surface area contributed by atoms with Crippen LogP contribution in [0.2, 0.25) is 0 Å². The Hall–Kier alpha value is -1.91. The number of nitrogens with zero attached hydrogens (tertiary/aromatic N) is 3. The maximum Gasteiger partial charge on any atom is 0.218 e. The molecule has 3 rings (SSSR count). The first-order valence-electron chi connectivity index (χ1n) is 11.0. The second kappa shape index (κ2) is 14.3. The lowest BCUT2D eigenvalue weighted by molar-refractivity contribution is 0.00752. The molecule has 32 heavy (non-hydrogen) atoms. The van der Waals surface area contributed by atoms with Crippen LogP contribution in [0.3, 0.4) is 0 Å². The lowest BCUT2D eigenvalue weighted by atomic mass is 10.0. The van der Waals surface area contributed by atoms with Crippen molar-refractivity contribution in [1.82, 2.24) is 20.5 Å². The van der Waals surface area contributed by atoms with Gasteiger partial charge in [0.25, 0.3) is 0 Å². The van der Waals surface area contributed by atoms with Crippen LogP contribution in [-0.2, 0) is 17.9 Å². The van der Waals surface area contributed by atoms with Gasteiger partial charge >= 0.3 is 0 Å².